The first-order chi connectivity index (χ1) is 5.36. The van der Waals surface area contributed by atoms with E-state index >= 15 is 0 Å². The minimum Gasteiger partial charge on any atom is -0.296 e. The van der Waals surface area contributed by atoms with Gasteiger partial charge in [0.2, 0.25) is 0 Å². The molecule has 0 aromatic rings. The lowest BCUT2D eigenvalue weighted by molar-refractivity contribution is 0.232. The summed E-state index contributed by atoms with van der Waals surface area (Å²) in [6.07, 6.45) is 1.30. The molecular formula is C8H14FN2. The highest BCUT2D eigenvalue weighted by Gasteiger charge is 2.29. The van der Waals surface area contributed by atoms with E-state index in [4.69, 9.17) is 0 Å². The first-order valence-corrected chi connectivity index (χ1v) is 4.37. The first kappa shape index (κ1) is 7.50. The summed E-state index contributed by atoms with van der Waals surface area (Å²) in [4.78, 5) is 2.25. The zero-order valence-electron chi connectivity index (χ0n) is 6.67. The number of hydrogen-bond acceptors (Lipinski definition) is 1. The molecule has 0 amide bonds. The van der Waals surface area contributed by atoms with Gasteiger partial charge in [-0.05, 0) is 12.8 Å². The van der Waals surface area contributed by atoms with Gasteiger partial charge in [0.1, 0.15) is 6.17 Å². The molecule has 63 valence electrons. The zero-order valence-corrected chi connectivity index (χ0v) is 6.67. The van der Waals surface area contributed by atoms with Gasteiger partial charge < -0.3 is 0 Å². The van der Waals surface area contributed by atoms with Crippen LogP contribution in [0.25, 0.3) is 0 Å². The van der Waals surface area contributed by atoms with Crippen molar-refractivity contribution in [3.63, 3.8) is 0 Å². The average molecular weight is 157 g/mol. The molecule has 2 nitrogen and oxygen atoms in total. The van der Waals surface area contributed by atoms with Gasteiger partial charge >= 0.3 is 0 Å². The predicted octanol–water partition coefficient (Wildman–Crippen LogP) is 0.407. The molecule has 0 spiro atoms. The summed E-state index contributed by atoms with van der Waals surface area (Å²) >= 11 is 0. The summed E-state index contributed by atoms with van der Waals surface area (Å²) in [6, 6.07) is 0.566. The molecule has 0 saturated carbocycles. The third-order valence-corrected chi connectivity index (χ3v) is 2.64. The van der Waals surface area contributed by atoms with Crippen molar-refractivity contribution in [2.45, 2.75) is 25.1 Å². The van der Waals surface area contributed by atoms with Crippen LogP contribution in [0.3, 0.4) is 0 Å². The molecule has 2 fully saturated rings. The quantitative estimate of drug-likeness (QED) is 0.539. The number of alkyl halides is 1. The Morgan fingerprint density at radius 3 is 2.82 bits per heavy atom. The number of nitrogens with zero attached hydrogens (tertiary/aromatic N) is 2. The van der Waals surface area contributed by atoms with E-state index in [1.165, 1.54) is 0 Å². The van der Waals surface area contributed by atoms with Gasteiger partial charge in [-0.3, -0.25) is 4.90 Å². The van der Waals surface area contributed by atoms with E-state index in [0.29, 0.717) is 12.6 Å². The van der Waals surface area contributed by atoms with Gasteiger partial charge in [-0.2, -0.15) is 0 Å². The fourth-order valence-electron chi connectivity index (χ4n) is 1.94. The second-order valence-electron chi connectivity index (χ2n) is 3.45. The summed E-state index contributed by atoms with van der Waals surface area (Å²) < 4.78 is 12.8. The van der Waals surface area contributed by atoms with Crippen LogP contribution in [-0.4, -0.2) is 43.3 Å². The van der Waals surface area contributed by atoms with Crippen LogP contribution in [0.4, 0.5) is 4.39 Å². The molecule has 2 aliphatic rings. The molecule has 2 rings (SSSR count). The maximum absolute atomic E-state index is 12.8. The third kappa shape index (κ3) is 1.54. The molecule has 0 aromatic heterocycles. The molecule has 1 radical (unpaired) electrons. The van der Waals surface area contributed by atoms with Crippen LogP contribution >= 0.6 is 0 Å². The van der Waals surface area contributed by atoms with Gasteiger partial charge in [-0.1, -0.05) is 0 Å². The lowest BCUT2D eigenvalue weighted by atomic mass is 10.2. The van der Waals surface area contributed by atoms with Crippen molar-refractivity contribution in [1.29, 1.82) is 0 Å². The second-order valence-corrected chi connectivity index (χ2v) is 3.45. The van der Waals surface area contributed by atoms with Gasteiger partial charge in [0.05, 0.1) is 0 Å². The first-order valence-electron chi connectivity index (χ1n) is 4.37. The summed E-state index contributed by atoms with van der Waals surface area (Å²) in [6.45, 7) is 3.52. The second kappa shape index (κ2) is 3.07. The molecule has 2 aliphatic heterocycles. The predicted molar refractivity (Wildman–Crippen MR) is 41.4 cm³/mol. The number of rotatable bonds is 1. The molecule has 0 aliphatic carbocycles. The van der Waals surface area contributed by atoms with Crippen LogP contribution in [0, 0.1) is 0 Å². The SMILES string of the molecule is F[C@H]1CCN([C@H]2CC[N]C2)C1. The highest BCUT2D eigenvalue weighted by atomic mass is 19.1. The van der Waals surface area contributed by atoms with Crippen LogP contribution < -0.4 is 5.32 Å². The molecule has 2 saturated heterocycles. The van der Waals surface area contributed by atoms with Crippen LogP contribution in [0.5, 0.6) is 0 Å². The Hall–Kier alpha value is -0.150. The van der Waals surface area contributed by atoms with E-state index in [2.05, 4.69) is 10.2 Å². The molecule has 0 aromatic carbocycles. The standard InChI is InChI=1S/C8H14FN2/c9-7-2-4-11(6-7)8-1-3-10-5-8/h7-8H,1-6H2/t7-,8-/m0/s1. The molecular weight excluding hydrogens is 143 g/mol. The van der Waals surface area contributed by atoms with Crippen molar-refractivity contribution < 1.29 is 4.39 Å². The van der Waals surface area contributed by atoms with Gasteiger partial charge in [-0.25, -0.2) is 9.71 Å². The van der Waals surface area contributed by atoms with Crippen LogP contribution in [0.2, 0.25) is 0 Å². The van der Waals surface area contributed by atoms with Gasteiger partial charge in [0.15, 0.2) is 0 Å². The Kier molecular flexibility index (Phi) is 2.09. The average Bonchev–Trinajstić information content (AvgIpc) is 2.55. The van der Waals surface area contributed by atoms with Crippen LogP contribution in [0.15, 0.2) is 0 Å². The number of halogens is 1. The molecule has 0 unspecified atom stereocenters. The Balaban J connectivity index is 1.85. The van der Waals surface area contributed by atoms with Crippen molar-refractivity contribution in [1.82, 2.24) is 10.2 Å². The van der Waals surface area contributed by atoms with E-state index in [1.807, 2.05) is 0 Å². The Morgan fingerprint density at radius 2 is 2.27 bits per heavy atom. The van der Waals surface area contributed by atoms with E-state index in [-0.39, 0.29) is 0 Å². The largest absolute Gasteiger partial charge is 0.296 e. The Morgan fingerprint density at radius 1 is 1.36 bits per heavy atom. The molecule has 11 heavy (non-hydrogen) atoms. The number of hydrogen-bond donors (Lipinski definition) is 0. The normalized spacial score (nSPS) is 40.1. The molecule has 0 N–H and O–H groups in total. The van der Waals surface area contributed by atoms with Crippen molar-refractivity contribution in [2.24, 2.45) is 0 Å². The summed E-state index contributed by atoms with van der Waals surface area (Å²) in [7, 11) is 0. The van der Waals surface area contributed by atoms with Crippen molar-refractivity contribution in [2.75, 3.05) is 26.2 Å². The highest BCUT2D eigenvalue weighted by molar-refractivity contribution is 4.85. The monoisotopic (exact) mass is 157 g/mol. The van der Waals surface area contributed by atoms with Crippen LogP contribution in [0.1, 0.15) is 12.8 Å². The summed E-state index contributed by atoms with van der Waals surface area (Å²) in [5, 5.41) is 4.27. The van der Waals surface area contributed by atoms with Crippen molar-refractivity contribution >= 4 is 0 Å². The fraction of sp³-hybridized carbons (Fsp3) is 1.00. The van der Waals surface area contributed by atoms with Gasteiger partial charge in [0, 0.05) is 32.2 Å². The van der Waals surface area contributed by atoms with Crippen molar-refractivity contribution in [3.05, 3.63) is 0 Å². The fourth-order valence-corrected chi connectivity index (χ4v) is 1.94. The molecule has 2 heterocycles. The van der Waals surface area contributed by atoms with E-state index in [9.17, 15) is 4.39 Å². The van der Waals surface area contributed by atoms with Gasteiger partial charge in [-0.15, -0.1) is 0 Å². The summed E-state index contributed by atoms with van der Waals surface area (Å²) in [5.41, 5.74) is 0. The van der Waals surface area contributed by atoms with Crippen molar-refractivity contribution in [3.8, 4) is 0 Å². The molecule has 0 bridgehead atoms. The van der Waals surface area contributed by atoms with Crippen LogP contribution in [-0.2, 0) is 0 Å². The highest BCUT2D eigenvalue weighted by Crippen LogP contribution is 2.18. The number of likely N-dealkylation sites (tertiary alicyclic amines) is 1. The van der Waals surface area contributed by atoms with E-state index < -0.39 is 6.17 Å². The minimum absolute atomic E-state index is 0.566. The van der Waals surface area contributed by atoms with Gasteiger partial charge in [0.25, 0.3) is 0 Å². The zero-order chi connectivity index (χ0) is 7.68. The maximum atomic E-state index is 12.8. The third-order valence-electron chi connectivity index (χ3n) is 2.64. The topological polar surface area (TPSA) is 17.3 Å². The van der Waals surface area contributed by atoms with E-state index in [0.717, 1.165) is 32.5 Å². The minimum atomic E-state index is -0.574. The lowest BCUT2D eigenvalue weighted by Crippen LogP contribution is -2.34. The smallest absolute Gasteiger partial charge is 0.114 e. The van der Waals surface area contributed by atoms with E-state index in [1.54, 1.807) is 0 Å². The molecule has 3 heteroatoms. The molecule has 2 atom stereocenters. The summed E-state index contributed by atoms with van der Waals surface area (Å²) in [5.74, 6) is 0. The Labute approximate surface area is 66.8 Å². The Bertz CT molecular complexity index is 134. The lowest BCUT2D eigenvalue weighted by Gasteiger charge is -2.21. The maximum Gasteiger partial charge on any atom is 0.114 e.